The highest BCUT2D eigenvalue weighted by molar-refractivity contribution is 7.47. The van der Waals surface area contributed by atoms with Gasteiger partial charge in [0.1, 0.15) is 42.7 Å². The smallest absolute Gasteiger partial charge is 0.457 e. The van der Waals surface area contributed by atoms with Crippen molar-refractivity contribution in [2.45, 2.75) is 307 Å². The van der Waals surface area contributed by atoms with E-state index in [1.807, 2.05) is 0 Å². The van der Waals surface area contributed by atoms with Crippen molar-refractivity contribution in [3.8, 4) is 0 Å². The van der Waals surface area contributed by atoms with Crippen LogP contribution < -0.4 is 0 Å². The molecular weight excluding hydrogens is 872 g/mol. The van der Waals surface area contributed by atoms with Crippen LogP contribution in [-0.4, -0.2) is 98.9 Å². The van der Waals surface area contributed by atoms with E-state index in [0.29, 0.717) is 13.0 Å². The van der Waals surface area contributed by atoms with Gasteiger partial charge in [0.05, 0.1) is 13.2 Å². The van der Waals surface area contributed by atoms with Crippen molar-refractivity contribution >= 4 is 13.8 Å². The van der Waals surface area contributed by atoms with Crippen molar-refractivity contribution in [3.63, 3.8) is 0 Å². The summed E-state index contributed by atoms with van der Waals surface area (Å²) in [4.78, 5) is 23.3. The third kappa shape index (κ3) is 36.6. The first kappa shape index (κ1) is 64.1. The Labute approximate surface area is 409 Å². The van der Waals surface area contributed by atoms with Gasteiger partial charge in [-0.25, -0.2) is 4.57 Å². The van der Waals surface area contributed by atoms with Crippen molar-refractivity contribution < 1.29 is 58.3 Å². The number of carbonyl (C=O) groups is 1. The van der Waals surface area contributed by atoms with Crippen LogP contribution in [0.2, 0.25) is 0 Å². The second kappa shape index (κ2) is 45.0. The third-order valence-electron chi connectivity index (χ3n) is 13.4. The fraction of sp³-hybridized carbons (Fsp3) is 0.944. The van der Waals surface area contributed by atoms with E-state index < -0.39 is 63.1 Å². The number of allylic oxidation sites excluding steroid dienone is 2. The summed E-state index contributed by atoms with van der Waals surface area (Å²) in [5.41, 5.74) is 0. The lowest BCUT2D eigenvalue weighted by Crippen LogP contribution is -2.64. The molecule has 6 unspecified atom stereocenters. The minimum Gasteiger partial charge on any atom is -0.457 e. The summed E-state index contributed by atoms with van der Waals surface area (Å²) in [6, 6.07) is 0. The lowest BCUT2D eigenvalue weighted by molar-refractivity contribution is -0.220. The Morgan fingerprint density at radius 2 is 0.791 bits per heavy atom. The summed E-state index contributed by atoms with van der Waals surface area (Å²) in [7, 11) is -5.02. The first-order valence-corrected chi connectivity index (χ1v) is 29.5. The van der Waals surface area contributed by atoms with Crippen molar-refractivity contribution in [2.75, 3.05) is 19.8 Å². The fourth-order valence-electron chi connectivity index (χ4n) is 8.94. The number of phosphoric ester groups is 1. The zero-order valence-corrected chi connectivity index (χ0v) is 43.9. The van der Waals surface area contributed by atoms with Gasteiger partial charge in [0.15, 0.2) is 0 Å². The number of carbonyl (C=O) groups excluding carboxylic acids is 1. The molecule has 12 nitrogen and oxygen atoms in total. The van der Waals surface area contributed by atoms with Gasteiger partial charge in [0.2, 0.25) is 0 Å². The Morgan fingerprint density at radius 1 is 0.463 bits per heavy atom. The largest absolute Gasteiger partial charge is 0.472 e. The Morgan fingerprint density at radius 3 is 1.18 bits per heavy atom. The van der Waals surface area contributed by atoms with Crippen molar-refractivity contribution in [3.05, 3.63) is 12.2 Å². The molecule has 1 saturated carbocycles. The first-order valence-electron chi connectivity index (χ1n) is 28.0. The molecule has 0 aromatic carbocycles. The van der Waals surface area contributed by atoms with Crippen molar-refractivity contribution in [2.24, 2.45) is 0 Å². The highest BCUT2D eigenvalue weighted by atomic mass is 31.2. The van der Waals surface area contributed by atoms with Crippen LogP contribution >= 0.6 is 7.82 Å². The zero-order chi connectivity index (χ0) is 49.1. The molecule has 398 valence electrons. The number of aliphatic hydroxyl groups is 5. The molecule has 0 aliphatic heterocycles. The van der Waals surface area contributed by atoms with E-state index >= 15 is 0 Å². The van der Waals surface area contributed by atoms with Gasteiger partial charge < -0.3 is 39.9 Å². The molecule has 13 heteroatoms. The monoisotopic (exact) mass is 977 g/mol. The second-order valence-corrected chi connectivity index (χ2v) is 21.2. The van der Waals surface area contributed by atoms with E-state index in [4.69, 9.17) is 18.5 Å². The predicted octanol–water partition coefficient (Wildman–Crippen LogP) is 13.0. The zero-order valence-electron chi connectivity index (χ0n) is 43.0. The molecule has 0 radical (unpaired) electrons. The Hall–Kier alpha value is -0.920. The molecule has 1 aliphatic carbocycles. The first-order chi connectivity index (χ1) is 32.5. The normalized spacial score (nSPS) is 21.3. The highest BCUT2D eigenvalue weighted by Gasteiger charge is 2.51. The third-order valence-corrected chi connectivity index (χ3v) is 14.4. The quantitative estimate of drug-likeness (QED) is 0.0146. The van der Waals surface area contributed by atoms with Crippen LogP contribution in [0.4, 0.5) is 0 Å². The Kier molecular flexibility index (Phi) is 43.0. The number of hydrogen-bond acceptors (Lipinski definition) is 11. The summed E-state index contributed by atoms with van der Waals surface area (Å²) in [6.07, 6.45) is 39.9. The number of aliphatic hydroxyl groups excluding tert-OH is 5. The van der Waals surface area contributed by atoms with Gasteiger partial charge in [-0.1, -0.05) is 231 Å². The van der Waals surface area contributed by atoms with Crippen LogP contribution in [-0.2, 0) is 27.9 Å². The van der Waals surface area contributed by atoms with Crippen molar-refractivity contribution in [1.29, 1.82) is 0 Å². The second-order valence-electron chi connectivity index (χ2n) is 19.8. The molecule has 0 heterocycles. The van der Waals surface area contributed by atoms with E-state index in [2.05, 4.69) is 26.0 Å². The average molecular weight is 977 g/mol. The molecule has 0 aromatic rings. The van der Waals surface area contributed by atoms with Crippen LogP contribution in [0.3, 0.4) is 0 Å². The maximum Gasteiger partial charge on any atom is 0.472 e. The molecule has 0 aromatic heterocycles. The molecule has 0 spiro atoms. The van der Waals surface area contributed by atoms with Crippen molar-refractivity contribution in [1.82, 2.24) is 0 Å². The summed E-state index contributed by atoms with van der Waals surface area (Å²) in [5.74, 6) is -0.473. The maximum absolute atomic E-state index is 12.9. The SMILES string of the molecule is CCCCCCCC/C=C\CCCCCCCCCCCC(=O)OC(COCCCCCCCCCCCCCCCCCCCCCCC)COP(=O)(O)OC1C(O)C(O)C(O)C(O)C1O. The maximum atomic E-state index is 12.9. The number of esters is 1. The van der Waals surface area contributed by atoms with Crippen LogP contribution in [0, 0.1) is 0 Å². The molecule has 67 heavy (non-hydrogen) atoms. The number of rotatable bonds is 49. The molecule has 0 bridgehead atoms. The van der Waals surface area contributed by atoms with Gasteiger partial charge in [0, 0.05) is 13.0 Å². The number of phosphoric acid groups is 1. The molecule has 0 amide bonds. The van der Waals surface area contributed by atoms with E-state index in [9.17, 15) is 39.8 Å². The van der Waals surface area contributed by atoms with Gasteiger partial charge in [-0.15, -0.1) is 0 Å². The van der Waals surface area contributed by atoms with E-state index in [-0.39, 0.29) is 13.0 Å². The predicted molar refractivity (Wildman–Crippen MR) is 272 cm³/mol. The molecule has 1 rings (SSSR count). The highest BCUT2D eigenvalue weighted by Crippen LogP contribution is 2.47. The minimum absolute atomic E-state index is 0.0707. The standard InChI is InChI=1S/C54H105O12P/c1-3-5-7-9-11-13-15-17-19-21-23-24-26-28-30-32-34-36-38-40-42-44-63-45-47(46-64-67(61,62)66-54-52(59)50(57)49(56)51(58)53(54)60)65-48(55)43-41-39-37-35-33-31-29-27-25-22-20-18-16-14-12-10-8-6-4-2/h18,20,47,49-54,56-60H,3-17,19,21-46H2,1-2H3,(H,61,62)/b20-18-. The number of unbranched alkanes of at least 4 members (excludes halogenated alkanes) is 35. The van der Waals surface area contributed by atoms with Gasteiger partial charge >= 0.3 is 13.8 Å². The average Bonchev–Trinajstić information content (AvgIpc) is 3.31. The fourth-order valence-corrected chi connectivity index (χ4v) is 9.91. The molecular formula is C54H105O12P. The lowest BCUT2D eigenvalue weighted by atomic mass is 9.85. The van der Waals surface area contributed by atoms with E-state index in [1.54, 1.807) is 0 Å². The summed E-state index contributed by atoms with van der Waals surface area (Å²) in [5, 5.41) is 50.4. The molecule has 1 fully saturated rings. The number of ether oxygens (including phenoxy) is 2. The minimum atomic E-state index is -5.02. The van der Waals surface area contributed by atoms with Crippen LogP contribution in [0.1, 0.15) is 264 Å². The number of hydrogen-bond donors (Lipinski definition) is 6. The van der Waals surface area contributed by atoms with Gasteiger partial charge in [-0.3, -0.25) is 13.8 Å². The van der Waals surface area contributed by atoms with Gasteiger partial charge in [-0.2, -0.15) is 0 Å². The lowest BCUT2D eigenvalue weighted by Gasteiger charge is -2.41. The topological polar surface area (TPSA) is 192 Å². The molecule has 0 saturated heterocycles. The molecule has 6 atom stereocenters. The Balaban J connectivity index is 2.28. The summed E-state index contributed by atoms with van der Waals surface area (Å²) >= 11 is 0. The van der Waals surface area contributed by atoms with Crippen LogP contribution in [0.15, 0.2) is 12.2 Å². The summed E-state index contributed by atoms with van der Waals surface area (Å²) in [6.45, 7) is 4.32. The van der Waals surface area contributed by atoms with Crippen LogP contribution in [0.25, 0.3) is 0 Å². The van der Waals surface area contributed by atoms with Crippen LogP contribution in [0.5, 0.6) is 0 Å². The van der Waals surface area contributed by atoms with Gasteiger partial charge in [-0.05, 0) is 38.5 Å². The summed E-state index contributed by atoms with van der Waals surface area (Å²) < 4.78 is 34.4. The molecule has 1 aliphatic rings. The molecule has 6 N–H and O–H groups in total. The van der Waals surface area contributed by atoms with Gasteiger partial charge in [0.25, 0.3) is 0 Å². The van der Waals surface area contributed by atoms with E-state index in [0.717, 1.165) is 38.5 Å². The Bertz CT molecular complexity index is 1160. The van der Waals surface area contributed by atoms with E-state index in [1.165, 1.54) is 199 Å².